The van der Waals surface area contributed by atoms with E-state index in [0.717, 1.165) is 28.7 Å². The standard InChI is InChI=1S/C22H25NO3/c1-14(2)21(22(24)25)26-19-12-8-11-18-20(19)15(3)16(4)23(18)13-17-9-6-5-7-10-17/h5-12,14,21H,13H2,1-4H3,(H,24,25). The number of hydrogen-bond acceptors (Lipinski definition) is 2. The van der Waals surface area contributed by atoms with Crippen molar-refractivity contribution in [3.63, 3.8) is 0 Å². The average Bonchev–Trinajstić information content (AvgIpc) is 2.85. The second kappa shape index (κ2) is 7.24. The van der Waals surface area contributed by atoms with Crippen LogP contribution in [0.4, 0.5) is 0 Å². The molecule has 0 saturated carbocycles. The van der Waals surface area contributed by atoms with Gasteiger partial charge in [-0.1, -0.05) is 50.2 Å². The second-order valence-corrected chi connectivity index (χ2v) is 7.05. The van der Waals surface area contributed by atoms with Gasteiger partial charge in [-0.2, -0.15) is 0 Å². The van der Waals surface area contributed by atoms with Gasteiger partial charge in [0.15, 0.2) is 6.10 Å². The molecule has 1 N–H and O–H groups in total. The Bertz CT molecular complexity index is 925. The van der Waals surface area contributed by atoms with Crippen LogP contribution in [0.1, 0.15) is 30.7 Å². The molecule has 1 heterocycles. The van der Waals surface area contributed by atoms with E-state index in [-0.39, 0.29) is 5.92 Å². The van der Waals surface area contributed by atoms with Crippen LogP contribution in [-0.2, 0) is 11.3 Å². The summed E-state index contributed by atoms with van der Waals surface area (Å²) in [7, 11) is 0. The molecule has 26 heavy (non-hydrogen) atoms. The molecule has 0 bridgehead atoms. The van der Waals surface area contributed by atoms with Gasteiger partial charge < -0.3 is 14.4 Å². The number of rotatable bonds is 6. The third kappa shape index (κ3) is 3.32. The maximum absolute atomic E-state index is 11.5. The molecule has 0 amide bonds. The third-order valence-corrected chi connectivity index (χ3v) is 4.90. The Morgan fingerprint density at radius 1 is 1.08 bits per heavy atom. The van der Waals surface area contributed by atoms with Gasteiger partial charge >= 0.3 is 5.97 Å². The number of aliphatic carboxylic acids is 1. The molecular weight excluding hydrogens is 326 g/mol. The van der Waals surface area contributed by atoms with Crippen molar-refractivity contribution in [3.05, 3.63) is 65.4 Å². The van der Waals surface area contributed by atoms with Crippen LogP contribution in [0.25, 0.3) is 10.9 Å². The van der Waals surface area contributed by atoms with Gasteiger partial charge in [-0.3, -0.25) is 0 Å². The lowest BCUT2D eigenvalue weighted by molar-refractivity contribution is -0.147. The summed E-state index contributed by atoms with van der Waals surface area (Å²) in [5.41, 5.74) is 4.58. The van der Waals surface area contributed by atoms with E-state index in [2.05, 4.69) is 36.6 Å². The molecule has 0 fully saturated rings. The fourth-order valence-corrected chi connectivity index (χ4v) is 3.36. The Morgan fingerprint density at radius 3 is 2.38 bits per heavy atom. The Hall–Kier alpha value is -2.75. The molecule has 0 radical (unpaired) electrons. The van der Waals surface area contributed by atoms with Crippen LogP contribution in [0, 0.1) is 19.8 Å². The van der Waals surface area contributed by atoms with Crippen LogP contribution < -0.4 is 4.74 Å². The minimum absolute atomic E-state index is 0.115. The first kappa shape index (κ1) is 18.1. The summed E-state index contributed by atoms with van der Waals surface area (Å²) in [6.45, 7) is 8.65. The highest BCUT2D eigenvalue weighted by molar-refractivity contribution is 5.91. The van der Waals surface area contributed by atoms with Gasteiger partial charge in [-0.25, -0.2) is 4.79 Å². The highest BCUT2D eigenvalue weighted by Crippen LogP contribution is 2.34. The maximum atomic E-state index is 11.5. The Morgan fingerprint density at radius 2 is 1.77 bits per heavy atom. The lowest BCUT2D eigenvalue weighted by atomic mass is 10.1. The summed E-state index contributed by atoms with van der Waals surface area (Å²) < 4.78 is 8.20. The first-order valence-electron chi connectivity index (χ1n) is 8.92. The van der Waals surface area contributed by atoms with Gasteiger partial charge in [0.25, 0.3) is 0 Å². The summed E-state index contributed by atoms with van der Waals surface area (Å²) in [6.07, 6.45) is -0.863. The number of benzene rings is 2. The predicted molar refractivity (Wildman–Crippen MR) is 104 cm³/mol. The third-order valence-electron chi connectivity index (χ3n) is 4.90. The van der Waals surface area contributed by atoms with Gasteiger partial charge in [-0.15, -0.1) is 0 Å². The molecule has 4 nitrogen and oxygen atoms in total. The SMILES string of the molecule is Cc1c(C)n(Cc2ccccc2)c2cccc(OC(C(=O)O)C(C)C)c12. The number of aromatic nitrogens is 1. The smallest absolute Gasteiger partial charge is 0.345 e. The van der Waals surface area contributed by atoms with Gasteiger partial charge in [0, 0.05) is 23.5 Å². The summed E-state index contributed by atoms with van der Waals surface area (Å²) in [6, 6.07) is 16.2. The van der Waals surface area contributed by atoms with Gasteiger partial charge in [0.05, 0.1) is 5.52 Å². The van der Waals surface area contributed by atoms with Crippen LogP contribution in [-0.4, -0.2) is 21.7 Å². The van der Waals surface area contributed by atoms with E-state index < -0.39 is 12.1 Å². The molecule has 136 valence electrons. The van der Waals surface area contributed by atoms with Gasteiger partial charge in [-0.05, 0) is 37.1 Å². The number of aryl methyl sites for hydroxylation is 1. The first-order valence-corrected chi connectivity index (χ1v) is 8.92. The van der Waals surface area contributed by atoms with Crippen LogP contribution in [0.3, 0.4) is 0 Å². The first-order chi connectivity index (χ1) is 12.4. The lowest BCUT2D eigenvalue weighted by Crippen LogP contribution is -2.32. The molecule has 4 heteroatoms. The number of nitrogens with zero attached hydrogens (tertiary/aromatic N) is 1. The van der Waals surface area contributed by atoms with Crippen molar-refractivity contribution in [2.75, 3.05) is 0 Å². The Kier molecular flexibility index (Phi) is 5.03. The summed E-state index contributed by atoms with van der Waals surface area (Å²) in [5.74, 6) is -0.415. The van der Waals surface area contributed by atoms with E-state index in [9.17, 15) is 9.90 Å². The van der Waals surface area contributed by atoms with Crippen molar-refractivity contribution in [1.29, 1.82) is 0 Å². The van der Waals surface area contributed by atoms with Crippen molar-refractivity contribution in [2.45, 2.75) is 40.3 Å². The van der Waals surface area contributed by atoms with E-state index in [1.807, 2.05) is 44.2 Å². The number of fused-ring (bicyclic) bond motifs is 1. The number of ether oxygens (including phenoxy) is 1. The van der Waals surface area contributed by atoms with Crippen molar-refractivity contribution in [2.24, 2.45) is 5.92 Å². The van der Waals surface area contributed by atoms with Crippen molar-refractivity contribution >= 4 is 16.9 Å². The molecule has 0 aliphatic heterocycles. The number of carbonyl (C=O) groups is 1. The zero-order valence-electron chi connectivity index (χ0n) is 15.7. The molecule has 0 spiro atoms. The van der Waals surface area contributed by atoms with E-state index in [1.165, 1.54) is 5.56 Å². The van der Waals surface area contributed by atoms with Crippen LogP contribution in [0.15, 0.2) is 48.5 Å². The predicted octanol–water partition coefficient (Wildman–Crippen LogP) is 4.79. The summed E-state index contributed by atoms with van der Waals surface area (Å²) >= 11 is 0. The molecule has 1 aromatic heterocycles. The molecule has 3 rings (SSSR count). The largest absolute Gasteiger partial charge is 0.478 e. The van der Waals surface area contributed by atoms with Crippen molar-refractivity contribution in [1.82, 2.24) is 4.57 Å². The quantitative estimate of drug-likeness (QED) is 0.694. The topological polar surface area (TPSA) is 51.5 Å². The summed E-state index contributed by atoms with van der Waals surface area (Å²) in [5, 5.41) is 10.5. The van der Waals surface area contributed by atoms with Crippen molar-refractivity contribution < 1.29 is 14.6 Å². The second-order valence-electron chi connectivity index (χ2n) is 7.05. The van der Waals surface area contributed by atoms with Crippen molar-refractivity contribution in [3.8, 4) is 5.75 Å². The van der Waals surface area contributed by atoms with E-state index in [4.69, 9.17) is 4.74 Å². The van der Waals surface area contributed by atoms with Crippen LogP contribution in [0.2, 0.25) is 0 Å². The molecule has 3 aromatic rings. The Labute approximate surface area is 154 Å². The molecule has 0 saturated heterocycles. The van der Waals surface area contributed by atoms with Crippen LogP contribution in [0.5, 0.6) is 5.75 Å². The van der Waals surface area contributed by atoms with E-state index in [1.54, 1.807) is 0 Å². The molecular formula is C22H25NO3. The van der Waals surface area contributed by atoms with Gasteiger partial charge in [0.2, 0.25) is 0 Å². The highest BCUT2D eigenvalue weighted by atomic mass is 16.5. The highest BCUT2D eigenvalue weighted by Gasteiger charge is 2.25. The minimum Gasteiger partial charge on any atom is -0.478 e. The number of carboxylic acid groups (broad SMARTS) is 1. The Balaban J connectivity index is 2.08. The zero-order valence-corrected chi connectivity index (χ0v) is 15.7. The van der Waals surface area contributed by atoms with Gasteiger partial charge in [0.1, 0.15) is 5.75 Å². The fraction of sp³-hybridized carbons (Fsp3) is 0.318. The molecule has 0 aliphatic carbocycles. The van der Waals surface area contributed by atoms with E-state index >= 15 is 0 Å². The maximum Gasteiger partial charge on any atom is 0.345 e. The average molecular weight is 351 g/mol. The molecule has 2 aromatic carbocycles. The number of carboxylic acids is 1. The minimum atomic E-state index is -0.935. The molecule has 1 unspecified atom stereocenters. The van der Waals surface area contributed by atoms with Crippen LogP contribution >= 0.6 is 0 Å². The normalized spacial score (nSPS) is 12.5. The molecule has 0 aliphatic rings. The fourth-order valence-electron chi connectivity index (χ4n) is 3.36. The monoisotopic (exact) mass is 351 g/mol. The van der Waals surface area contributed by atoms with E-state index in [0.29, 0.717) is 5.75 Å². The summed E-state index contributed by atoms with van der Waals surface area (Å²) in [4.78, 5) is 11.5. The molecule has 1 atom stereocenters. The zero-order chi connectivity index (χ0) is 18.8. The lowest BCUT2D eigenvalue weighted by Gasteiger charge is -2.19. The number of hydrogen-bond donors (Lipinski definition) is 1.